The van der Waals surface area contributed by atoms with Crippen LogP contribution in [0, 0.1) is 0 Å². The van der Waals surface area contributed by atoms with Gasteiger partial charge in [0, 0.05) is 18.8 Å². The lowest BCUT2D eigenvalue weighted by atomic mass is 10.3. The van der Waals surface area contributed by atoms with E-state index < -0.39 is 18.6 Å². The largest absolute Gasteiger partial charge is 0.406 e. The van der Waals surface area contributed by atoms with Crippen LogP contribution >= 0.6 is 0 Å². The number of hydrogen-bond donors (Lipinski definition) is 1. The molecule has 0 saturated carbocycles. The monoisotopic (exact) mass is 291 g/mol. The maximum Gasteiger partial charge on any atom is 0.406 e. The number of nitrogen functional groups attached to an aromatic ring is 1. The topological polar surface area (TPSA) is 51.3 Å². The first-order valence-corrected chi connectivity index (χ1v) is 6.49. The maximum atomic E-state index is 12.5. The highest BCUT2D eigenvalue weighted by Crippen LogP contribution is 2.22. The van der Waals surface area contributed by atoms with Crippen LogP contribution in [0.4, 0.5) is 18.9 Å². The van der Waals surface area contributed by atoms with E-state index >= 15 is 0 Å². The lowest BCUT2D eigenvalue weighted by Gasteiger charge is -2.24. The summed E-state index contributed by atoms with van der Waals surface area (Å²) in [5.41, 5.74) is 6.20. The number of halogens is 3. The van der Waals surface area contributed by atoms with Gasteiger partial charge in [0.05, 0.1) is 5.69 Å². The standard InChI is InChI=1S/C13H20F3N3O/c1-4-5-18(8-13(14,15)16)12(20)11-6-10(17)7-19(11)9(2)3/h6-7,9H,4-5,8,17H2,1-3H3. The summed E-state index contributed by atoms with van der Waals surface area (Å²) in [7, 11) is 0. The summed E-state index contributed by atoms with van der Waals surface area (Å²) >= 11 is 0. The predicted molar refractivity (Wildman–Crippen MR) is 71.5 cm³/mol. The number of hydrogen-bond acceptors (Lipinski definition) is 2. The Morgan fingerprint density at radius 1 is 1.45 bits per heavy atom. The average molecular weight is 291 g/mol. The van der Waals surface area contributed by atoms with Crippen molar-refractivity contribution in [1.29, 1.82) is 0 Å². The number of carbonyl (C=O) groups is 1. The molecule has 0 bridgehead atoms. The van der Waals surface area contributed by atoms with Crippen molar-refractivity contribution in [3.8, 4) is 0 Å². The molecule has 2 N–H and O–H groups in total. The molecule has 0 aliphatic heterocycles. The first kappa shape index (κ1) is 16.4. The van der Waals surface area contributed by atoms with Gasteiger partial charge in [-0.1, -0.05) is 6.92 Å². The van der Waals surface area contributed by atoms with Gasteiger partial charge in [0.15, 0.2) is 0 Å². The summed E-state index contributed by atoms with van der Waals surface area (Å²) in [5, 5.41) is 0. The minimum atomic E-state index is -4.41. The quantitative estimate of drug-likeness (QED) is 0.906. The van der Waals surface area contributed by atoms with E-state index in [-0.39, 0.29) is 18.3 Å². The van der Waals surface area contributed by atoms with Gasteiger partial charge in [-0.3, -0.25) is 4.79 Å². The van der Waals surface area contributed by atoms with Crippen LogP contribution in [0.3, 0.4) is 0 Å². The second-order valence-electron chi connectivity index (χ2n) is 5.00. The number of rotatable bonds is 5. The van der Waals surface area contributed by atoms with Crippen LogP contribution in [0.5, 0.6) is 0 Å². The van der Waals surface area contributed by atoms with Gasteiger partial charge < -0.3 is 15.2 Å². The van der Waals surface area contributed by atoms with Crippen LogP contribution in [0.25, 0.3) is 0 Å². The molecule has 1 aromatic heterocycles. The average Bonchev–Trinajstić information content (AvgIpc) is 2.68. The summed E-state index contributed by atoms with van der Waals surface area (Å²) in [4.78, 5) is 13.1. The lowest BCUT2D eigenvalue weighted by molar-refractivity contribution is -0.140. The molecule has 1 heterocycles. The Morgan fingerprint density at radius 2 is 2.05 bits per heavy atom. The van der Waals surface area contributed by atoms with Gasteiger partial charge in [-0.2, -0.15) is 13.2 Å². The zero-order chi connectivity index (χ0) is 15.5. The molecule has 1 amide bonds. The van der Waals surface area contributed by atoms with E-state index in [2.05, 4.69) is 0 Å². The molecule has 0 aliphatic rings. The van der Waals surface area contributed by atoms with Crippen molar-refractivity contribution in [3.05, 3.63) is 18.0 Å². The molecule has 0 fully saturated rings. The highest BCUT2D eigenvalue weighted by molar-refractivity contribution is 5.94. The molecule has 0 saturated heterocycles. The number of alkyl halides is 3. The molecule has 0 spiro atoms. The van der Waals surface area contributed by atoms with E-state index in [0.717, 1.165) is 4.90 Å². The van der Waals surface area contributed by atoms with Crippen LogP contribution in [-0.2, 0) is 0 Å². The Hall–Kier alpha value is -1.66. The van der Waals surface area contributed by atoms with E-state index in [9.17, 15) is 18.0 Å². The second-order valence-corrected chi connectivity index (χ2v) is 5.00. The van der Waals surface area contributed by atoms with E-state index in [1.54, 1.807) is 17.7 Å². The van der Waals surface area contributed by atoms with Crippen LogP contribution < -0.4 is 5.73 Å². The van der Waals surface area contributed by atoms with Gasteiger partial charge in [0.2, 0.25) is 0 Å². The second kappa shape index (κ2) is 6.19. The van der Waals surface area contributed by atoms with Crippen LogP contribution in [-0.4, -0.2) is 34.6 Å². The number of aromatic nitrogens is 1. The van der Waals surface area contributed by atoms with Crippen molar-refractivity contribution >= 4 is 11.6 Å². The Balaban J connectivity index is 3.06. The van der Waals surface area contributed by atoms with Crippen molar-refractivity contribution in [2.45, 2.75) is 39.4 Å². The number of amides is 1. The number of carbonyl (C=O) groups excluding carboxylic acids is 1. The van der Waals surface area contributed by atoms with Crippen molar-refractivity contribution in [2.75, 3.05) is 18.8 Å². The van der Waals surface area contributed by atoms with E-state index in [1.807, 2.05) is 13.8 Å². The fourth-order valence-electron chi connectivity index (χ4n) is 2.00. The summed E-state index contributed by atoms with van der Waals surface area (Å²) in [6.07, 6.45) is -2.39. The van der Waals surface area contributed by atoms with Crippen LogP contribution in [0.2, 0.25) is 0 Å². The fraction of sp³-hybridized carbons (Fsp3) is 0.615. The third-order valence-electron chi connectivity index (χ3n) is 2.80. The third-order valence-corrected chi connectivity index (χ3v) is 2.80. The van der Waals surface area contributed by atoms with Crippen molar-refractivity contribution < 1.29 is 18.0 Å². The van der Waals surface area contributed by atoms with Crippen molar-refractivity contribution in [1.82, 2.24) is 9.47 Å². The molecule has 20 heavy (non-hydrogen) atoms. The molecular formula is C13H20F3N3O. The van der Waals surface area contributed by atoms with Crippen LogP contribution in [0.1, 0.15) is 43.7 Å². The first-order chi connectivity index (χ1) is 9.15. The van der Waals surface area contributed by atoms with Gasteiger partial charge in [0.25, 0.3) is 5.91 Å². The number of nitrogens with two attached hydrogens (primary N) is 1. The van der Waals surface area contributed by atoms with E-state index in [0.29, 0.717) is 12.1 Å². The predicted octanol–water partition coefficient (Wildman–Crippen LogP) is 3.07. The Labute approximate surface area is 116 Å². The molecule has 4 nitrogen and oxygen atoms in total. The lowest BCUT2D eigenvalue weighted by Crippen LogP contribution is -2.40. The van der Waals surface area contributed by atoms with Gasteiger partial charge in [-0.05, 0) is 26.3 Å². The van der Waals surface area contributed by atoms with E-state index in [4.69, 9.17) is 5.73 Å². The van der Waals surface area contributed by atoms with Gasteiger partial charge in [-0.25, -0.2) is 0 Å². The molecule has 0 unspecified atom stereocenters. The molecule has 0 aromatic carbocycles. The molecule has 7 heteroatoms. The Kier molecular flexibility index (Phi) is 5.08. The smallest absolute Gasteiger partial charge is 0.397 e. The SMILES string of the molecule is CCCN(CC(F)(F)F)C(=O)c1cc(N)cn1C(C)C. The summed E-state index contributed by atoms with van der Waals surface area (Å²) in [5.74, 6) is -0.644. The fourth-order valence-corrected chi connectivity index (χ4v) is 2.00. The van der Waals surface area contributed by atoms with Gasteiger partial charge in [0.1, 0.15) is 12.2 Å². The normalized spacial score (nSPS) is 11.9. The summed E-state index contributed by atoms with van der Waals surface area (Å²) in [6.45, 7) is 4.21. The highest BCUT2D eigenvalue weighted by atomic mass is 19.4. The van der Waals surface area contributed by atoms with Gasteiger partial charge >= 0.3 is 6.18 Å². The zero-order valence-electron chi connectivity index (χ0n) is 11.9. The Morgan fingerprint density at radius 3 is 2.50 bits per heavy atom. The number of anilines is 1. The van der Waals surface area contributed by atoms with E-state index in [1.165, 1.54) is 6.07 Å². The molecule has 1 aromatic rings. The number of nitrogens with zero attached hydrogens (tertiary/aromatic N) is 2. The van der Waals surface area contributed by atoms with Gasteiger partial charge in [-0.15, -0.1) is 0 Å². The minimum absolute atomic E-state index is 0.0550. The molecule has 1 rings (SSSR count). The minimum Gasteiger partial charge on any atom is -0.397 e. The summed E-state index contributed by atoms with van der Waals surface area (Å²) in [6, 6.07) is 1.36. The molecule has 0 radical (unpaired) electrons. The summed E-state index contributed by atoms with van der Waals surface area (Å²) < 4.78 is 39.2. The van der Waals surface area contributed by atoms with Crippen LogP contribution in [0.15, 0.2) is 12.3 Å². The van der Waals surface area contributed by atoms with Crippen molar-refractivity contribution in [3.63, 3.8) is 0 Å². The highest BCUT2D eigenvalue weighted by Gasteiger charge is 2.34. The Bertz CT molecular complexity index is 466. The first-order valence-electron chi connectivity index (χ1n) is 6.49. The molecular weight excluding hydrogens is 271 g/mol. The molecule has 0 aliphatic carbocycles. The third kappa shape index (κ3) is 4.18. The molecule has 114 valence electrons. The zero-order valence-corrected chi connectivity index (χ0v) is 11.9. The van der Waals surface area contributed by atoms with Crippen molar-refractivity contribution in [2.24, 2.45) is 0 Å². The molecule has 0 atom stereocenters. The maximum absolute atomic E-state index is 12.5.